The highest BCUT2D eigenvalue weighted by molar-refractivity contribution is 5.67. The fourth-order valence-electron chi connectivity index (χ4n) is 2.13. The zero-order valence-electron chi connectivity index (χ0n) is 12.4. The van der Waals surface area contributed by atoms with E-state index in [1.807, 2.05) is 60.7 Å². The summed E-state index contributed by atoms with van der Waals surface area (Å²) in [5, 5.41) is 12.1. The van der Waals surface area contributed by atoms with Crippen LogP contribution in [0.5, 0.6) is 0 Å². The van der Waals surface area contributed by atoms with Gasteiger partial charge in [0.05, 0.1) is 12.6 Å². The highest BCUT2D eigenvalue weighted by Gasteiger charge is 2.12. The fraction of sp³-hybridized carbons (Fsp3) is 0.278. The second kappa shape index (κ2) is 8.85. The second-order valence-corrected chi connectivity index (χ2v) is 5.11. The standard InChI is InChI=1S/C18H21NO3/c20-13-17(12-11-15-7-3-1-4-8-15)19-18(21)22-14-16-9-5-2-6-10-16/h1-10,17,20H,11-14H2,(H,19,21)/t17-/m0/s1. The molecule has 22 heavy (non-hydrogen) atoms. The van der Waals surface area contributed by atoms with Crippen LogP contribution in [0.3, 0.4) is 0 Å². The molecule has 2 rings (SSSR count). The minimum Gasteiger partial charge on any atom is -0.445 e. The minimum atomic E-state index is -0.504. The lowest BCUT2D eigenvalue weighted by Crippen LogP contribution is -2.38. The monoisotopic (exact) mass is 299 g/mol. The molecule has 0 radical (unpaired) electrons. The Morgan fingerprint density at radius 2 is 1.59 bits per heavy atom. The van der Waals surface area contributed by atoms with Gasteiger partial charge in [-0.25, -0.2) is 4.79 Å². The molecule has 0 aliphatic heterocycles. The largest absolute Gasteiger partial charge is 0.445 e. The van der Waals surface area contributed by atoms with E-state index in [0.717, 1.165) is 12.0 Å². The molecule has 4 heteroatoms. The maximum Gasteiger partial charge on any atom is 0.407 e. The van der Waals surface area contributed by atoms with Crippen LogP contribution in [-0.2, 0) is 17.8 Å². The molecule has 4 nitrogen and oxygen atoms in total. The molecule has 0 fully saturated rings. The summed E-state index contributed by atoms with van der Waals surface area (Å²) in [7, 11) is 0. The summed E-state index contributed by atoms with van der Waals surface area (Å²) in [5.41, 5.74) is 2.11. The Kier molecular flexibility index (Phi) is 6.45. The third-order valence-corrected chi connectivity index (χ3v) is 3.38. The van der Waals surface area contributed by atoms with Crippen molar-refractivity contribution in [3.63, 3.8) is 0 Å². The van der Waals surface area contributed by atoms with Crippen molar-refractivity contribution in [2.24, 2.45) is 0 Å². The molecular weight excluding hydrogens is 278 g/mol. The Bertz CT molecular complexity index is 557. The Morgan fingerprint density at radius 1 is 1.00 bits per heavy atom. The molecule has 2 aromatic carbocycles. The Balaban J connectivity index is 1.73. The van der Waals surface area contributed by atoms with Crippen LogP contribution < -0.4 is 5.32 Å². The summed E-state index contributed by atoms with van der Waals surface area (Å²) >= 11 is 0. The normalized spacial score (nSPS) is 11.7. The second-order valence-electron chi connectivity index (χ2n) is 5.11. The molecule has 2 N–H and O–H groups in total. The molecule has 0 aromatic heterocycles. The van der Waals surface area contributed by atoms with Crippen LogP contribution in [0.4, 0.5) is 4.79 Å². The molecule has 2 aromatic rings. The molecule has 0 unspecified atom stereocenters. The van der Waals surface area contributed by atoms with Gasteiger partial charge in [-0.1, -0.05) is 60.7 Å². The van der Waals surface area contributed by atoms with Crippen LogP contribution in [0, 0.1) is 0 Å². The van der Waals surface area contributed by atoms with Gasteiger partial charge in [-0.2, -0.15) is 0 Å². The predicted molar refractivity (Wildman–Crippen MR) is 85.4 cm³/mol. The number of nitrogens with one attached hydrogen (secondary N) is 1. The number of hydrogen-bond acceptors (Lipinski definition) is 3. The zero-order valence-corrected chi connectivity index (χ0v) is 12.4. The molecular formula is C18H21NO3. The first-order valence-corrected chi connectivity index (χ1v) is 7.40. The van der Waals surface area contributed by atoms with E-state index in [2.05, 4.69) is 5.32 Å². The number of rotatable bonds is 7. The van der Waals surface area contributed by atoms with Crippen molar-refractivity contribution < 1.29 is 14.6 Å². The molecule has 0 aliphatic carbocycles. The molecule has 1 atom stereocenters. The van der Waals surface area contributed by atoms with Crippen molar-refractivity contribution in [2.75, 3.05) is 6.61 Å². The summed E-state index contributed by atoms with van der Waals surface area (Å²) in [6, 6.07) is 19.2. The lowest BCUT2D eigenvalue weighted by Gasteiger charge is -2.16. The molecule has 0 heterocycles. The first kappa shape index (κ1) is 16.0. The third-order valence-electron chi connectivity index (χ3n) is 3.38. The van der Waals surface area contributed by atoms with Crippen LogP contribution in [0.25, 0.3) is 0 Å². The molecule has 0 saturated carbocycles. The van der Waals surface area contributed by atoms with Gasteiger partial charge in [0.1, 0.15) is 6.61 Å². The topological polar surface area (TPSA) is 58.6 Å². The Labute approximate surface area is 130 Å². The van der Waals surface area contributed by atoms with E-state index in [1.165, 1.54) is 5.56 Å². The first-order valence-electron chi connectivity index (χ1n) is 7.40. The summed E-state index contributed by atoms with van der Waals surface area (Å²) in [4.78, 5) is 11.8. The van der Waals surface area contributed by atoms with E-state index in [9.17, 15) is 9.90 Å². The van der Waals surface area contributed by atoms with Gasteiger partial charge in [0.15, 0.2) is 0 Å². The van der Waals surface area contributed by atoms with Gasteiger partial charge in [0, 0.05) is 0 Å². The van der Waals surface area contributed by atoms with Crippen LogP contribution in [0.2, 0.25) is 0 Å². The van der Waals surface area contributed by atoms with Crippen molar-refractivity contribution in [2.45, 2.75) is 25.5 Å². The van der Waals surface area contributed by atoms with E-state index in [1.54, 1.807) is 0 Å². The highest BCUT2D eigenvalue weighted by Crippen LogP contribution is 2.06. The number of benzene rings is 2. The van der Waals surface area contributed by atoms with Crippen molar-refractivity contribution in [1.82, 2.24) is 5.32 Å². The maximum atomic E-state index is 11.8. The van der Waals surface area contributed by atoms with Crippen molar-refractivity contribution >= 4 is 6.09 Å². The SMILES string of the molecule is O=C(N[C@H](CO)CCc1ccccc1)OCc1ccccc1. The lowest BCUT2D eigenvalue weighted by molar-refractivity contribution is 0.128. The van der Waals surface area contributed by atoms with Gasteiger partial charge in [0.2, 0.25) is 0 Å². The van der Waals surface area contributed by atoms with E-state index in [-0.39, 0.29) is 19.3 Å². The molecule has 0 spiro atoms. The lowest BCUT2D eigenvalue weighted by atomic mass is 10.1. The third kappa shape index (κ3) is 5.58. The summed E-state index contributed by atoms with van der Waals surface area (Å²) in [5.74, 6) is 0. The van der Waals surface area contributed by atoms with Crippen LogP contribution >= 0.6 is 0 Å². The molecule has 0 bridgehead atoms. The van der Waals surface area contributed by atoms with Gasteiger partial charge in [-0.05, 0) is 24.0 Å². The Hall–Kier alpha value is -2.33. The highest BCUT2D eigenvalue weighted by atomic mass is 16.5. The van der Waals surface area contributed by atoms with Gasteiger partial charge in [-0.15, -0.1) is 0 Å². The van der Waals surface area contributed by atoms with Crippen molar-refractivity contribution in [3.8, 4) is 0 Å². The molecule has 1 amide bonds. The van der Waals surface area contributed by atoms with Crippen LogP contribution in [-0.4, -0.2) is 23.8 Å². The quantitative estimate of drug-likeness (QED) is 0.826. The summed E-state index contributed by atoms with van der Waals surface area (Å²) in [6.07, 6.45) is 0.961. The van der Waals surface area contributed by atoms with Crippen LogP contribution in [0.15, 0.2) is 60.7 Å². The van der Waals surface area contributed by atoms with Gasteiger partial charge in [-0.3, -0.25) is 0 Å². The fourth-order valence-corrected chi connectivity index (χ4v) is 2.13. The first-order chi connectivity index (χ1) is 10.8. The van der Waals surface area contributed by atoms with Gasteiger partial charge >= 0.3 is 6.09 Å². The van der Waals surface area contributed by atoms with E-state index in [4.69, 9.17) is 4.74 Å². The number of alkyl carbamates (subject to hydrolysis) is 1. The smallest absolute Gasteiger partial charge is 0.407 e. The Morgan fingerprint density at radius 3 is 2.18 bits per heavy atom. The maximum absolute atomic E-state index is 11.8. The van der Waals surface area contributed by atoms with Crippen molar-refractivity contribution in [3.05, 3.63) is 71.8 Å². The van der Waals surface area contributed by atoms with Gasteiger partial charge in [0.25, 0.3) is 0 Å². The average molecular weight is 299 g/mol. The number of ether oxygens (including phenoxy) is 1. The number of carbonyl (C=O) groups excluding carboxylic acids is 1. The number of carbonyl (C=O) groups is 1. The van der Waals surface area contributed by atoms with E-state index < -0.39 is 6.09 Å². The average Bonchev–Trinajstić information content (AvgIpc) is 2.58. The molecule has 116 valence electrons. The van der Waals surface area contributed by atoms with Crippen LogP contribution in [0.1, 0.15) is 17.5 Å². The number of aliphatic hydroxyl groups is 1. The minimum absolute atomic E-state index is 0.104. The zero-order chi connectivity index (χ0) is 15.6. The van der Waals surface area contributed by atoms with E-state index >= 15 is 0 Å². The van der Waals surface area contributed by atoms with E-state index in [0.29, 0.717) is 6.42 Å². The predicted octanol–water partition coefficient (Wildman–Crippen LogP) is 2.91. The number of aryl methyl sites for hydroxylation is 1. The summed E-state index contributed by atoms with van der Waals surface area (Å²) < 4.78 is 5.15. The number of amides is 1. The number of hydrogen-bond donors (Lipinski definition) is 2. The number of aliphatic hydroxyl groups excluding tert-OH is 1. The molecule has 0 aliphatic rings. The molecule has 0 saturated heterocycles. The van der Waals surface area contributed by atoms with Crippen molar-refractivity contribution in [1.29, 1.82) is 0 Å². The summed E-state index contributed by atoms with van der Waals surface area (Å²) in [6.45, 7) is 0.122. The van der Waals surface area contributed by atoms with Gasteiger partial charge < -0.3 is 15.2 Å².